The first-order chi connectivity index (χ1) is 15.1. The predicted octanol–water partition coefficient (Wildman–Crippen LogP) is 4.28. The smallest absolute Gasteiger partial charge is 0.407 e. The molecule has 0 unspecified atom stereocenters. The Morgan fingerprint density at radius 1 is 1.25 bits per heavy atom. The minimum atomic E-state index is -4.50. The van der Waals surface area contributed by atoms with Gasteiger partial charge in [-0.1, -0.05) is 12.1 Å². The Morgan fingerprint density at radius 2 is 2.03 bits per heavy atom. The zero-order valence-corrected chi connectivity index (χ0v) is 16.6. The second-order valence-corrected chi connectivity index (χ2v) is 7.39. The van der Waals surface area contributed by atoms with Crippen molar-refractivity contribution in [2.45, 2.75) is 12.7 Å². The third-order valence-electron chi connectivity index (χ3n) is 4.40. The molecule has 2 aromatic heterocycles. The van der Waals surface area contributed by atoms with Crippen LogP contribution in [0.15, 0.2) is 57.1 Å². The van der Waals surface area contributed by atoms with Crippen molar-refractivity contribution in [3.63, 3.8) is 0 Å². The number of amides is 1. The lowest BCUT2D eigenvalue weighted by atomic mass is 10.1. The molecule has 4 aromatic rings. The number of nitrogens with one attached hydrogen (secondary N) is 1. The number of aromatic nitrogens is 2. The van der Waals surface area contributed by atoms with Gasteiger partial charge in [-0.3, -0.25) is 19.5 Å². The molecule has 4 rings (SSSR count). The first-order valence-corrected chi connectivity index (χ1v) is 9.70. The molecule has 0 spiro atoms. The maximum absolute atomic E-state index is 12.9. The third kappa shape index (κ3) is 4.23. The summed E-state index contributed by atoms with van der Waals surface area (Å²) in [6.07, 6.45) is -4.50. The molecule has 2 aromatic carbocycles. The average molecular weight is 464 g/mol. The zero-order chi connectivity index (χ0) is 23.0. The van der Waals surface area contributed by atoms with E-state index in [0.29, 0.717) is 0 Å². The number of thiazole rings is 1. The van der Waals surface area contributed by atoms with Crippen molar-refractivity contribution < 1.29 is 27.3 Å². The van der Waals surface area contributed by atoms with Gasteiger partial charge in [-0.05, 0) is 18.2 Å². The lowest BCUT2D eigenvalue weighted by molar-refractivity contribution is -0.384. The Kier molecular flexibility index (Phi) is 5.26. The van der Waals surface area contributed by atoms with Gasteiger partial charge < -0.3 is 9.73 Å². The number of rotatable bonds is 5. The number of carbonyl (C=O) groups excluding carboxylic acids is 1. The third-order valence-corrected chi connectivity index (χ3v) is 5.16. The molecular formula is C19H11F3N4O5S. The van der Waals surface area contributed by atoms with Crippen LogP contribution < -0.4 is 11.1 Å². The maximum Gasteiger partial charge on any atom is 0.420 e. The molecule has 0 saturated heterocycles. The van der Waals surface area contributed by atoms with E-state index < -0.39 is 34.9 Å². The summed E-state index contributed by atoms with van der Waals surface area (Å²) in [5.41, 5.74) is -0.463. The first-order valence-electron chi connectivity index (χ1n) is 8.82. The summed E-state index contributed by atoms with van der Waals surface area (Å²) < 4.78 is 44.7. The Labute approximate surface area is 179 Å². The molecule has 0 saturated carbocycles. The van der Waals surface area contributed by atoms with E-state index in [9.17, 15) is 32.9 Å². The molecule has 13 heteroatoms. The van der Waals surface area contributed by atoms with E-state index in [4.69, 9.17) is 4.42 Å². The lowest BCUT2D eigenvalue weighted by Gasteiger charge is -2.07. The molecule has 0 bridgehead atoms. The van der Waals surface area contributed by atoms with Gasteiger partial charge in [0.05, 0.1) is 27.8 Å². The number of non-ortho nitro benzene ring substituents is 1. The highest BCUT2D eigenvalue weighted by Crippen LogP contribution is 2.33. The number of carbonyl (C=O) groups is 1. The number of hydrogen-bond donors (Lipinski definition) is 1. The molecule has 0 radical (unpaired) electrons. The summed E-state index contributed by atoms with van der Waals surface area (Å²) in [4.78, 5) is 38.8. The van der Waals surface area contributed by atoms with Crippen LogP contribution in [0.3, 0.4) is 0 Å². The predicted molar refractivity (Wildman–Crippen MR) is 108 cm³/mol. The Morgan fingerprint density at radius 3 is 2.75 bits per heavy atom. The second kappa shape index (κ2) is 7.92. The fraction of sp³-hybridized carbons (Fsp3) is 0.105. The molecule has 0 fully saturated rings. The van der Waals surface area contributed by atoms with Gasteiger partial charge in [0.25, 0.3) is 5.69 Å². The summed E-state index contributed by atoms with van der Waals surface area (Å²) in [6, 6.07) is 8.17. The van der Waals surface area contributed by atoms with Gasteiger partial charge in [-0.15, -0.1) is 11.3 Å². The van der Waals surface area contributed by atoms with Gasteiger partial charge in [-0.2, -0.15) is 13.2 Å². The van der Waals surface area contributed by atoms with E-state index in [1.54, 1.807) is 0 Å². The van der Waals surface area contributed by atoms with E-state index >= 15 is 0 Å². The minimum absolute atomic E-state index is 0.0434. The maximum atomic E-state index is 12.9. The van der Waals surface area contributed by atoms with E-state index in [1.807, 2.05) is 0 Å². The molecule has 32 heavy (non-hydrogen) atoms. The monoisotopic (exact) mass is 464 g/mol. The van der Waals surface area contributed by atoms with Crippen LogP contribution in [0.4, 0.5) is 24.0 Å². The van der Waals surface area contributed by atoms with Crippen LogP contribution in [-0.4, -0.2) is 20.4 Å². The number of hydrogen-bond acceptors (Lipinski definition) is 7. The highest BCUT2D eigenvalue weighted by atomic mass is 32.1. The van der Waals surface area contributed by atoms with E-state index in [0.717, 1.165) is 34.1 Å². The molecule has 1 N–H and O–H groups in total. The fourth-order valence-corrected chi connectivity index (χ4v) is 3.68. The number of alkyl halides is 3. The van der Waals surface area contributed by atoms with Gasteiger partial charge in [0.2, 0.25) is 5.91 Å². The number of nitro benzene ring substituents is 1. The standard InChI is InChI=1S/C19H11F3N4O5S/c20-19(21,22)11-3-1-2-10(6-11)13-9-32-17(23-13)24-16(27)8-25-14-5-4-12(26(29)30)7-15(14)31-18(25)28/h1-7,9H,8H2,(H,23,24,27). The lowest BCUT2D eigenvalue weighted by Crippen LogP contribution is -2.24. The van der Waals surface area contributed by atoms with Gasteiger partial charge in [0.15, 0.2) is 10.7 Å². The molecule has 2 heterocycles. The molecule has 0 aliphatic carbocycles. The minimum Gasteiger partial charge on any atom is -0.407 e. The molecule has 1 amide bonds. The quantitative estimate of drug-likeness (QED) is 0.348. The molecule has 9 nitrogen and oxygen atoms in total. The van der Waals surface area contributed by atoms with Crippen LogP contribution in [0.2, 0.25) is 0 Å². The first kappa shape index (κ1) is 21.2. The summed E-state index contributed by atoms with van der Waals surface area (Å²) in [5, 5.41) is 14.9. The molecule has 0 aliphatic rings. The Hall–Kier alpha value is -4.00. The zero-order valence-electron chi connectivity index (χ0n) is 15.8. The Bertz CT molecular complexity index is 1410. The van der Waals surface area contributed by atoms with E-state index in [-0.39, 0.29) is 33.2 Å². The summed E-state index contributed by atoms with van der Waals surface area (Å²) in [5.74, 6) is -1.52. The van der Waals surface area contributed by atoms with Gasteiger partial charge in [0.1, 0.15) is 6.54 Å². The van der Waals surface area contributed by atoms with Crippen molar-refractivity contribution in [1.82, 2.24) is 9.55 Å². The average Bonchev–Trinajstić information content (AvgIpc) is 3.31. The number of nitro groups is 1. The van der Waals surface area contributed by atoms with Gasteiger partial charge >= 0.3 is 11.9 Å². The summed E-state index contributed by atoms with van der Waals surface area (Å²) in [6.45, 7) is -0.456. The normalized spacial score (nSPS) is 11.6. The summed E-state index contributed by atoms with van der Waals surface area (Å²) in [7, 11) is 0. The highest BCUT2D eigenvalue weighted by molar-refractivity contribution is 7.14. The van der Waals surface area contributed by atoms with Crippen LogP contribution >= 0.6 is 11.3 Å². The van der Waals surface area contributed by atoms with E-state index in [1.165, 1.54) is 29.6 Å². The van der Waals surface area contributed by atoms with E-state index in [2.05, 4.69) is 10.3 Å². The van der Waals surface area contributed by atoms with Crippen LogP contribution in [0.5, 0.6) is 0 Å². The van der Waals surface area contributed by atoms with Crippen molar-refractivity contribution in [3.05, 3.63) is 74.1 Å². The van der Waals surface area contributed by atoms with Crippen molar-refractivity contribution >= 4 is 39.2 Å². The number of benzene rings is 2. The van der Waals surface area contributed by atoms with Crippen LogP contribution in [0.1, 0.15) is 5.56 Å². The Balaban J connectivity index is 1.52. The molecular weight excluding hydrogens is 453 g/mol. The fourth-order valence-electron chi connectivity index (χ4n) is 2.94. The molecule has 0 aliphatic heterocycles. The molecule has 164 valence electrons. The number of oxazole rings is 1. The number of anilines is 1. The largest absolute Gasteiger partial charge is 0.420 e. The highest BCUT2D eigenvalue weighted by Gasteiger charge is 2.30. The van der Waals surface area contributed by atoms with Crippen molar-refractivity contribution in [3.8, 4) is 11.3 Å². The number of fused-ring (bicyclic) bond motifs is 1. The topological polar surface area (TPSA) is 120 Å². The number of nitrogens with zero attached hydrogens (tertiary/aromatic N) is 3. The summed E-state index contributed by atoms with van der Waals surface area (Å²) >= 11 is 1.00. The van der Waals surface area contributed by atoms with Crippen LogP contribution in [-0.2, 0) is 17.5 Å². The van der Waals surface area contributed by atoms with Crippen molar-refractivity contribution in [1.29, 1.82) is 0 Å². The van der Waals surface area contributed by atoms with Crippen LogP contribution in [0.25, 0.3) is 22.4 Å². The number of halogens is 3. The van der Waals surface area contributed by atoms with Crippen LogP contribution in [0, 0.1) is 10.1 Å². The van der Waals surface area contributed by atoms with Gasteiger partial charge in [-0.25, -0.2) is 9.78 Å². The van der Waals surface area contributed by atoms with Gasteiger partial charge in [0, 0.05) is 17.0 Å². The molecule has 0 atom stereocenters. The SMILES string of the molecule is O=C(Cn1c(=O)oc2cc([N+](=O)[O-])ccc21)Nc1nc(-c2cccc(C(F)(F)F)c2)cs1. The van der Waals surface area contributed by atoms with Crippen molar-refractivity contribution in [2.24, 2.45) is 0 Å². The van der Waals surface area contributed by atoms with Crippen molar-refractivity contribution in [2.75, 3.05) is 5.32 Å². The second-order valence-electron chi connectivity index (χ2n) is 6.53.